The summed E-state index contributed by atoms with van der Waals surface area (Å²) in [7, 11) is 1.01. The number of fused-ring (bicyclic) bond motifs is 1. The number of halogens is 2. The first-order valence-electron chi connectivity index (χ1n) is 5.55. The first kappa shape index (κ1) is 14.6. The average Bonchev–Trinajstić information content (AvgIpc) is 2.35. The monoisotopic (exact) mass is 303 g/mol. The van der Waals surface area contributed by atoms with Gasteiger partial charge in [-0.2, -0.15) is 8.78 Å². The van der Waals surface area contributed by atoms with Crippen LogP contribution in [-0.4, -0.2) is 40.4 Å². The lowest BCUT2D eigenvalue weighted by Crippen LogP contribution is -2.48. The molecule has 2 aliphatic heterocycles. The van der Waals surface area contributed by atoms with Crippen LogP contribution in [-0.2, 0) is 14.3 Å². The fraction of sp³-hybridized carbons (Fsp3) is 0.333. The van der Waals surface area contributed by atoms with Crippen LogP contribution in [0.3, 0.4) is 0 Å². The van der Waals surface area contributed by atoms with E-state index in [4.69, 9.17) is 0 Å². The molecule has 1 N–H and O–H groups in total. The number of nitrogens with zero attached hydrogens (tertiary/aromatic N) is 1. The number of carbonyl (C=O) groups excluding carboxylic acids is 1. The topological polar surface area (TPSA) is 66.8 Å². The van der Waals surface area contributed by atoms with E-state index in [9.17, 15) is 23.5 Å². The summed E-state index contributed by atoms with van der Waals surface area (Å²) in [6, 6.07) is -1.45. The third-order valence-corrected chi connectivity index (χ3v) is 3.89. The van der Waals surface area contributed by atoms with Crippen LogP contribution in [0, 0.1) is 0 Å². The lowest BCUT2D eigenvalue weighted by atomic mass is 10.1. The number of methoxy groups -OCH3 is 1. The lowest BCUT2D eigenvalue weighted by molar-refractivity contribution is -0.139. The number of esters is 1. The second-order valence-electron chi connectivity index (χ2n) is 4.22. The molecule has 1 atom stereocenters. The lowest BCUT2D eigenvalue weighted by Gasteiger charge is -2.40. The summed E-state index contributed by atoms with van der Waals surface area (Å²) in [4.78, 5) is 23.2. The minimum Gasteiger partial charge on any atom is -0.477 e. The van der Waals surface area contributed by atoms with Gasteiger partial charge in [-0.3, -0.25) is 0 Å². The van der Waals surface area contributed by atoms with Gasteiger partial charge in [-0.15, -0.1) is 0 Å². The van der Waals surface area contributed by atoms with Gasteiger partial charge in [0.15, 0.2) is 0 Å². The second kappa shape index (κ2) is 4.93. The summed E-state index contributed by atoms with van der Waals surface area (Å²) in [5, 5.41) is 5.89. The van der Waals surface area contributed by atoms with Crippen molar-refractivity contribution in [3.63, 3.8) is 0 Å². The van der Waals surface area contributed by atoms with Gasteiger partial charge in [-0.05, 0) is 24.3 Å². The Morgan fingerprint density at radius 1 is 1.50 bits per heavy atom. The van der Waals surface area contributed by atoms with Gasteiger partial charge >= 0.3 is 17.2 Å². The average molecular weight is 303 g/mol. The minimum atomic E-state index is -3.34. The zero-order valence-electron chi connectivity index (χ0n) is 10.6. The van der Waals surface area contributed by atoms with E-state index in [0.717, 1.165) is 12.0 Å². The maximum Gasteiger partial charge on any atom is 0.354 e. The molecule has 20 heavy (non-hydrogen) atoms. The molecule has 0 radical (unpaired) electrons. The highest BCUT2D eigenvalue weighted by molar-refractivity contribution is 8.05. The fourth-order valence-electron chi connectivity index (χ4n) is 1.96. The molecule has 0 amide bonds. The van der Waals surface area contributed by atoms with E-state index in [-0.39, 0.29) is 11.8 Å². The van der Waals surface area contributed by atoms with Crippen LogP contribution in [0.1, 0.15) is 6.92 Å². The Bertz CT molecular complexity index is 568. The molecule has 2 heterocycles. The first-order chi connectivity index (χ1) is 9.27. The van der Waals surface area contributed by atoms with E-state index < -0.39 is 33.8 Å². The third kappa shape index (κ3) is 2.31. The van der Waals surface area contributed by atoms with Crippen molar-refractivity contribution >= 4 is 23.7 Å². The third-order valence-electron chi connectivity index (χ3n) is 2.81. The smallest absolute Gasteiger partial charge is 0.354 e. The van der Waals surface area contributed by atoms with Gasteiger partial charge < -0.3 is 14.7 Å². The van der Waals surface area contributed by atoms with Crippen molar-refractivity contribution in [2.24, 2.45) is 0 Å². The number of hydrogen-bond donors (Lipinski definition) is 1. The first-order valence-corrected chi connectivity index (χ1v) is 6.37. The standard InChI is InChI=1S/C12H11F2NO4S/c1-6-3-4-7-12(13,14)20-9(11(18)19-2)8(10(16)17)15(7)5-6/h3-5,7H,1-2H3,(H,16,17). The molecule has 5 nitrogen and oxygen atoms in total. The van der Waals surface area contributed by atoms with Gasteiger partial charge in [-0.1, -0.05) is 12.2 Å². The van der Waals surface area contributed by atoms with E-state index in [0.29, 0.717) is 5.57 Å². The number of ether oxygens (including phenoxy) is 1. The Hall–Kier alpha value is -1.83. The van der Waals surface area contributed by atoms with Crippen LogP contribution < -0.4 is 0 Å². The zero-order valence-corrected chi connectivity index (χ0v) is 11.4. The van der Waals surface area contributed by atoms with Gasteiger partial charge in [0.25, 0.3) is 0 Å². The van der Waals surface area contributed by atoms with Crippen LogP contribution in [0.5, 0.6) is 0 Å². The molecule has 8 heteroatoms. The van der Waals surface area contributed by atoms with E-state index in [1.807, 2.05) is 0 Å². The van der Waals surface area contributed by atoms with E-state index >= 15 is 0 Å². The molecule has 0 spiro atoms. The van der Waals surface area contributed by atoms with Gasteiger partial charge in [0.1, 0.15) is 16.6 Å². The normalized spacial score (nSPS) is 24.1. The molecule has 108 valence electrons. The van der Waals surface area contributed by atoms with E-state index in [2.05, 4.69) is 4.74 Å². The molecule has 0 aliphatic carbocycles. The highest BCUT2D eigenvalue weighted by Gasteiger charge is 2.52. The molecule has 2 rings (SSSR count). The molecule has 0 saturated carbocycles. The molecule has 2 aliphatic rings. The molecule has 0 saturated heterocycles. The summed E-state index contributed by atoms with van der Waals surface area (Å²) in [6.07, 6.45) is 3.99. The molecule has 0 aromatic heterocycles. The van der Waals surface area contributed by atoms with E-state index in [1.54, 1.807) is 6.92 Å². The van der Waals surface area contributed by atoms with Crippen molar-refractivity contribution in [3.05, 3.63) is 34.5 Å². The minimum absolute atomic E-state index is 0.0865. The molecule has 0 aromatic rings. The Morgan fingerprint density at radius 3 is 2.70 bits per heavy atom. The number of alkyl halides is 2. The number of hydrogen-bond acceptors (Lipinski definition) is 5. The predicted octanol–water partition coefficient (Wildman–Crippen LogP) is 1.94. The van der Waals surface area contributed by atoms with Gasteiger partial charge in [-0.25, -0.2) is 9.59 Å². The number of carboxylic acid groups (broad SMARTS) is 1. The molecule has 1 unspecified atom stereocenters. The molecule has 0 bridgehead atoms. The number of aliphatic carboxylic acids is 1. The maximum atomic E-state index is 14.1. The Balaban J connectivity index is 2.63. The van der Waals surface area contributed by atoms with Crippen molar-refractivity contribution in [1.82, 2.24) is 4.90 Å². The van der Waals surface area contributed by atoms with Crippen molar-refractivity contribution < 1.29 is 28.2 Å². The summed E-state index contributed by atoms with van der Waals surface area (Å²) in [6.45, 7) is 1.64. The Labute approximate surface area is 117 Å². The van der Waals surface area contributed by atoms with Crippen molar-refractivity contribution in [2.75, 3.05) is 7.11 Å². The number of carbonyl (C=O) groups is 2. The van der Waals surface area contributed by atoms with Crippen molar-refractivity contribution in [2.45, 2.75) is 18.2 Å². The highest BCUT2D eigenvalue weighted by atomic mass is 32.2. The number of rotatable bonds is 2. The number of allylic oxidation sites excluding steroid dienone is 2. The summed E-state index contributed by atoms with van der Waals surface area (Å²) < 4.78 is 32.5. The Kier molecular flexibility index (Phi) is 3.59. The fourth-order valence-corrected chi connectivity index (χ4v) is 3.00. The SMILES string of the molecule is COC(=O)C1=C(C(=O)O)N2C=C(C)C=CC2C(F)(F)S1. The van der Waals surface area contributed by atoms with Crippen LogP contribution in [0.15, 0.2) is 34.5 Å². The highest BCUT2D eigenvalue weighted by Crippen LogP contribution is 2.48. The largest absolute Gasteiger partial charge is 0.477 e. The number of thioether (sulfide) groups is 1. The summed E-state index contributed by atoms with van der Waals surface area (Å²) >= 11 is -0.0865. The summed E-state index contributed by atoms with van der Waals surface area (Å²) in [5.41, 5.74) is 0.105. The van der Waals surface area contributed by atoms with Gasteiger partial charge in [0.05, 0.1) is 7.11 Å². The second-order valence-corrected chi connectivity index (χ2v) is 5.38. The zero-order chi connectivity index (χ0) is 15.1. The van der Waals surface area contributed by atoms with Crippen LogP contribution >= 0.6 is 11.8 Å². The molecule has 0 aromatic carbocycles. The van der Waals surface area contributed by atoms with Crippen LogP contribution in [0.25, 0.3) is 0 Å². The molecular formula is C12H11F2NO4S. The quantitative estimate of drug-likeness (QED) is 0.786. The molecular weight excluding hydrogens is 292 g/mol. The number of carboxylic acids is 1. The van der Waals surface area contributed by atoms with Crippen molar-refractivity contribution in [1.29, 1.82) is 0 Å². The summed E-state index contributed by atoms with van der Waals surface area (Å²) in [5.74, 6) is -2.55. The maximum absolute atomic E-state index is 14.1. The van der Waals surface area contributed by atoms with Crippen molar-refractivity contribution in [3.8, 4) is 0 Å². The van der Waals surface area contributed by atoms with Crippen LogP contribution in [0.4, 0.5) is 8.78 Å². The molecule has 0 fully saturated rings. The van der Waals surface area contributed by atoms with E-state index in [1.165, 1.54) is 18.4 Å². The van der Waals surface area contributed by atoms with Gasteiger partial charge in [0.2, 0.25) is 0 Å². The Morgan fingerprint density at radius 2 is 2.15 bits per heavy atom. The van der Waals surface area contributed by atoms with Crippen LogP contribution in [0.2, 0.25) is 0 Å². The predicted molar refractivity (Wildman–Crippen MR) is 67.7 cm³/mol. The van der Waals surface area contributed by atoms with Gasteiger partial charge in [0, 0.05) is 6.20 Å².